The van der Waals surface area contributed by atoms with Gasteiger partial charge in [-0.2, -0.15) is 0 Å². The van der Waals surface area contributed by atoms with Crippen molar-refractivity contribution in [3.05, 3.63) is 108 Å². The fourth-order valence-electron chi connectivity index (χ4n) is 4.89. The van der Waals surface area contributed by atoms with Gasteiger partial charge in [0.2, 0.25) is 0 Å². The average Bonchev–Trinajstić information content (AvgIpc) is 2.84. The lowest BCUT2D eigenvalue weighted by Gasteiger charge is -2.31. The van der Waals surface area contributed by atoms with Crippen LogP contribution >= 0.6 is 0 Å². The first-order valence-corrected chi connectivity index (χ1v) is 10.9. The molecule has 1 aliphatic rings. The van der Waals surface area contributed by atoms with E-state index in [0.717, 1.165) is 42.8 Å². The molecule has 0 radical (unpaired) electrons. The number of rotatable bonds is 3. The van der Waals surface area contributed by atoms with Crippen LogP contribution in [-0.2, 0) is 19.5 Å². The molecule has 3 heterocycles. The summed E-state index contributed by atoms with van der Waals surface area (Å²) in [5, 5.41) is 3.90. The maximum Gasteiger partial charge on any atom is 0.0772 e. The number of benzene rings is 3. The van der Waals surface area contributed by atoms with Gasteiger partial charge in [-0.05, 0) is 52.1 Å². The first-order chi connectivity index (χ1) is 15.4. The summed E-state index contributed by atoms with van der Waals surface area (Å²) in [6, 6.07) is 27.9. The normalized spacial score (nSPS) is 14.1. The van der Waals surface area contributed by atoms with Gasteiger partial charge < -0.3 is 0 Å². The predicted molar refractivity (Wildman–Crippen MR) is 127 cm³/mol. The van der Waals surface area contributed by atoms with Crippen LogP contribution in [0.4, 0.5) is 0 Å². The van der Waals surface area contributed by atoms with Crippen molar-refractivity contribution in [1.29, 1.82) is 0 Å². The SMILES string of the molecule is c1ccc(CN2CCc3c(c(-c4cccnc4)nc4ccc5ccccc5c34)C2)cc1. The molecular weight excluding hydrogens is 378 g/mol. The molecule has 0 saturated heterocycles. The maximum absolute atomic E-state index is 5.18. The molecule has 1 aliphatic heterocycles. The van der Waals surface area contributed by atoms with Gasteiger partial charge in [-0.3, -0.25) is 9.88 Å². The lowest BCUT2D eigenvalue weighted by atomic mass is 9.89. The summed E-state index contributed by atoms with van der Waals surface area (Å²) in [7, 11) is 0. The summed E-state index contributed by atoms with van der Waals surface area (Å²) in [5.41, 5.74) is 7.39. The molecule has 0 atom stereocenters. The van der Waals surface area contributed by atoms with Gasteiger partial charge >= 0.3 is 0 Å². The molecule has 31 heavy (non-hydrogen) atoms. The Bertz CT molecular complexity index is 1380. The van der Waals surface area contributed by atoms with Crippen molar-refractivity contribution in [1.82, 2.24) is 14.9 Å². The van der Waals surface area contributed by atoms with Crippen molar-refractivity contribution in [3.8, 4) is 11.3 Å². The van der Waals surface area contributed by atoms with Gasteiger partial charge in [0.1, 0.15) is 0 Å². The summed E-state index contributed by atoms with van der Waals surface area (Å²) >= 11 is 0. The van der Waals surface area contributed by atoms with Crippen molar-refractivity contribution in [3.63, 3.8) is 0 Å². The van der Waals surface area contributed by atoms with Crippen molar-refractivity contribution < 1.29 is 0 Å². The topological polar surface area (TPSA) is 29.0 Å². The van der Waals surface area contributed by atoms with Crippen LogP contribution in [0.2, 0.25) is 0 Å². The second-order valence-corrected chi connectivity index (χ2v) is 8.29. The Morgan fingerprint density at radius 3 is 2.55 bits per heavy atom. The van der Waals surface area contributed by atoms with Crippen molar-refractivity contribution >= 4 is 21.7 Å². The molecule has 0 bridgehead atoms. The summed E-state index contributed by atoms with van der Waals surface area (Å²) in [6.45, 7) is 2.91. The minimum atomic E-state index is 0.903. The smallest absolute Gasteiger partial charge is 0.0772 e. The number of hydrogen-bond acceptors (Lipinski definition) is 3. The van der Waals surface area contributed by atoms with E-state index in [4.69, 9.17) is 4.98 Å². The minimum absolute atomic E-state index is 0.903. The van der Waals surface area contributed by atoms with Gasteiger partial charge in [-0.15, -0.1) is 0 Å². The molecule has 150 valence electrons. The quantitative estimate of drug-likeness (QED) is 0.347. The van der Waals surface area contributed by atoms with Crippen molar-refractivity contribution in [2.45, 2.75) is 19.5 Å². The van der Waals surface area contributed by atoms with E-state index in [0.29, 0.717) is 0 Å². The highest BCUT2D eigenvalue weighted by Crippen LogP contribution is 2.37. The second-order valence-electron chi connectivity index (χ2n) is 8.29. The molecular formula is C28H23N3. The first-order valence-electron chi connectivity index (χ1n) is 10.9. The molecule has 5 aromatic rings. The van der Waals surface area contributed by atoms with Crippen molar-refractivity contribution in [2.75, 3.05) is 6.54 Å². The third kappa shape index (κ3) is 3.28. The summed E-state index contributed by atoms with van der Waals surface area (Å²) in [5.74, 6) is 0. The highest BCUT2D eigenvalue weighted by Gasteiger charge is 2.24. The van der Waals surface area contributed by atoms with Gasteiger partial charge in [0, 0.05) is 43.0 Å². The zero-order chi connectivity index (χ0) is 20.6. The molecule has 0 aliphatic carbocycles. The predicted octanol–water partition coefficient (Wildman–Crippen LogP) is 6.01. The average molecular weight is 402 g/mol. The zero-order valence-corrected chi connectivity index (χ0v) is 17.3. The molecule has 3 nitrogen and oxygen atoms in total. The zero-order valence-electron chi connectivity index (χ0n) is 17.3. The Hall–Kier alpha value is -3.56. The first kappa shape index (κ1) is 18.2. The monoisotopic (exact) mass is 401 g/mol. The summed E-state index contributed by atoms with van der Waals surface area (Å²) in [4.78, 5) is 12.1. The van der Waals surface area contributed by atoms with Crippen LogP contribution in [0.15, 0.2) is 91.3 Å². The lowest BCUT2D eigenvalue weighted by Crippen LogP contribution is -2.31. The van der Waals surface area contributed by atoms with E-state index in [1.807, 2.05) is 18.5 Å². The van der Waals surface area contributed by atoms with E-state index < -0.39 is 0 Å². The van der Waals surface area contributed by atoms with Crippen LogP contribution in [0.1, 0.15) is 16.7 Å². The number of aromatic nitrogens is 2. The van der Waals surface area contributed by atoms with Gasteiger partial charge in [-0.1, -0.05) is 60.7 Å². The van der Waals surface area contributed by atoms with E-state index in [9.17, 15) is 0 Å². The third-order valence-electron chi connectivity index (χ3n) is 6.33. The Kier molecular flexibility index (Phi) is 4.47. The van der Waals surface area contributed by atoms with Crippen LogP contribution in [0.5, 0.6) is 0 Å². The van der Waals surface area contributed by atoms with Crippen LogP contribution in [0.25, 0.3) is 32.9 Å². The molecule has 0 spiro atoms. The lowest BCUT2D eigenvalue weighted by molar-refractivity contribution is 0.246. The summed E-state index contributed by atoms with van der Waals surface area (Å²) in [6.07, 6.45) is 4.79. The van der Waals surface area contributed by atoms with Crippen LogP contribution in [0, 0.1) is 0 Å². The van der Waals surface area contributed by atoms with E-state index in [-0.39, 0.29) is 0 Å². The molecule has 0 saturated carbocycles. The minimum Gasteiger partial charge on any atom is -0.294 e. The Balaban J connectivity index is 1.55. The molecule has 3 heteroatoms. The Morgan fingerprint density at radius 1 is 0.806 bits per heavy atom. The third-order valence-corrected chi connectivity index (χ3v) is 6.33. The van der Waals surface area contributed by atoms with E-state index in [1.165, 1.54) is 32.8 Å². The van der Waals surface area contributed by atoms with Crippen LogP contribution in [-0.4, -0.2) is 21.4 Å². The second kappa shape index (κ2) is 7.60. The summed E-state index contributed by atoms with van der Waals surface area (Å²) < 4.78 is 0. The number of hydrogen-bond donors (Lipinski definition) is 0. The van der Waals surface area contributed by atoms with E-state index in [1.54, 1.807) is 0 Å². The molecule has 0 fully saturated rings. The van der Waals surface area contributed by atoms with E-state index >= 15 is 0 Å². The Morgan fingerprint density at radius 2 is 1.68 bits per heavy atom. The molecule has 3 aromatic carbocycles. The number of nitrogens with zero attached hydrogens (tertiary/aromatic N) is 3. The molecule has 0 amide bonds. The molecule has 6 rings (SSSR count). The van der Waals surface area contributed by atoms with Gasteiger partial charge in [0.05, 0.1) is 11.2 Å². The van der Waals surface area contributed by atoms with Crippen LogP contribution in [0.3, 0.4) is 0 Å². The highest BCUT2D eigenvalue weighted by atomic mass is 15.1. The van der Waals surface area contributed by atoms with E-state index in [2.05, 4.69) is 82.7 Å². The standard InChI is InChI=1S/C28H23N3/c1-2-7-20(8-3-1)18-31-16-14-24-25(19-31)28(22-10-6-15-29-17-22)30-26-13-12-21-9-4-5-11-23(21)27(24)26/h1-13,15,17H,14,16,18-19H2. The fraction of sp³-hybridized carbons (Fsp3) is 0.143. The molecule has 2 aromatic heterocycles. The van der Waals surface area contributed by atoms with Crippen molar-refractivity contribution in [2.24, 2.45) is 0 Å². The maximum atomic E-state index is 5.18. The largest absolute Gasteiger partial charge is 0.294 e. The number of fused-ring (bicyclic) bond motifs is 5. The molecule has 0 unspecified atom stereocenters. The highest BCUT2D eigenvalue weighted by molar-refractivity contribution is 6.09. The van der Waals surface area contributed by atoms with Crippen LogP contribution < -0.4 is 0 Å². The van der Waals surface area contributed by atoms with Gasteiger partial charge in [-0.25, -0.2) is 4.98 Å². The fourth-order valence-corrected chi connectivity index (χ4v) is 4.89. The molecule has 0 N–H and O–H groups in total. The van der Waals surface area contributed by atoms with Gasteiger partial charge in [0.25, 0.3) is 0 Å². The Labute approximate surface area is 182 Å². The number of pyridine rings is 2. The van der Waals surface area contributed by atoms with Gasteiger partial charge in [0.15, 0.2) is 0 Å².